The number of piperidine rings is 1. The van der Waals surface area contributed by atoms with Gasteiger partial charge in [0, 0.05) is 29.2 Å². The average Bonchev–Trinajstić information content (AvgIpc) is 2.95. The summed E-state index contributed by atoms with van der Waals surface area (Å²) in [6, 6.07) is 8.05. The molecule has 23 heavy (non-hydrogen) atoms. The monoisotopic (exact) mass is 313 g/mol. The molecule has 0 atom stereocenters. The predicted octanol–water partition coefficient (Wildman–Crippen LogP) is 2.27. The van der Waals surface area contributed by atoms with Crippen LogP contribution in [0.15, 0.2) is 30.5 Å². The maximum absolute atomic E-state index is 12.6. The van der Waals surface area contributed by atoms with Crippen LogP contribution >= 0.6 is 0 Å². The summed E-state index contributed by atoms with van der Waals surface area (Å²) in [5, 5.41) is 6.97. The Bertz CT molecular complexity index is 727. The number of amides is 1. The van der Waals surface area contributed by atoms with Crippen LogP contribution in [0.1, 0.15) is 43.1 Å². The fourth-order valence-electron chi connectivity index (χ4n) is 3.15. The molecule has 1 fully saturated rings. The number of para-hydroxylation sites is 1. The average molecular weight is 313 g/mol. The van der Waals surface area contributed by atoms with Crippen LogP contribution in [-0.2, 0) is 4.79 Å². The number of hydrogen-bond donors (Lipinski definition) is 2. The molecule has 5 nitrogen and oxygen atoms in total. The molecule has 1 amide bonds. The van der Waals surface area contributed by atoms with Crippen molar-refractivity contribution in [3.63, 3.8) is 0 Å². The summed E-state index contributed by atoms with van der Waals surface area (Å²) >= 11 is 0. The highest BCUT2D eigenvalue weighted by molar-refractivity contribution is 6.45. The summed E-state index contributed by atoms with van der Waals surface area (Å²) in [7, 11) is 0. The van der Waals surface area contributed by atoms with Crippen molar-refractivity contribution in [1.82, 2.24) is 15.2 Å². The molecule has 2 N–H and O–H groups in total. The fourth-order valence-corrected chi connectivity index (χ4v) is 3.15. The Labute approximate surface area is 136 Å². The van der Waals surface area contributed by atoms with E-state index in [0.717, 1.165) is 36.8 Å². The van der Waals surface area contributed by atoms with E-state index >= 15 is 0 Å². The topological polar surface area (TPSA) is 63.1 Å². The molecule has 122 valence electrons. The van der Waals surface area contributed by atoms with Gasteiger partial charge in [-0.25, -0.2) is 0 Å². The minimum Gasteiger partial charge on any atom is -0.346 e. The number of nitrogens with one attached hydrogen (secondary N) is 2. The summed E-state index contributed by atoms with van der Waals surface area (Å²) in [4.78, 5) is 25.0. The van der Waals surface area contributed by atoms with E-state index in [1.165, 1.54) is 0 Å². The predicted molar refractivity (Wildman–Crippen MR) is 90.7 cm³/mol. The van der Waals surface area contributed by atoms with Gasteiger partial charge in [0.05, 0.1) is 5.56 Å². The minimum absolute atomic E-state index is 0.0890. The molecule has 1 aliphatic heterocycles. The van der Waals surface area contributed by atoms with Crippen molar-refractivity contribution < 1.29 is 9.59 Å². The normalized spacial score (nSPS) is 16.0. The molecule has 1 aromatic carbocycles. The number of ketones is 1. The fraction of sp³-hybridized carbons (Fsp3) is 0.444. The Morgan fingerprint density at radius 1 is 1.22 bits per heavy atom. The van der Waals surface area contributed by atoms with Crippen molar-refractivity contribution in [2.24, 2.45) is 0 Å². The molecule has 0 aliphatic carbocycles. The van der Waals surface area contributed by atoms with Gasteiger partial charge in [0.15, 0.2) is 0 Å². The van der Waals surface area contributed by atoms with Crippen LogP contribution in [0.4, 0.5) is 0 Å². The highest BCUT2D eigenvalue weighted by atomic mass is 16.2. The lowest BCUT2D eigenvalue weighted by Gasteiger charge is -2.23. The van der Waals surface area contributed by atoms with E-state index < -0.39 is 11.7 Å². The Kier molecular flexibility index (Phi) is 4.48. The Morgan fingerprint density at radius 3 is 2.61 bits per heavy atom. The molecule has 3 rings (SSSR count). The van der Waals surface area contributed by atoms with Crippen LogP contribution in [0.5, 0.6) is 0 Å². The first-order valence-electron chi connectivity index (χ1n) is 8.23. The summed E-state index contributed by atoms with van der Waals surface area (Å²) in [6.07, 6.45) is 3.54. The highest BCUT2D eigenvalue weighted by Crippen LogP contribution is 2.25. The Morgan fingerprint density at radius 2 is 1.91 bits per heavy atom. The van der Waals surface area contributed by atoms with Gasteiger partial charge in [0.25, 0.3) is 11.7 Å². The standard InChI is InChI=1S/C18H23N3O2/c1-12(2)21-11-15(14-5-3-4-6-16(14)21)17(22)18(23)20-13-7-9-19-10-8-13/h3-6,11-13,19H,7-10H2,1-2H3,(H,20,23). The minimum atomic E-state index is -0.497. The number of aromatic nitrogens is 1. The van der Waals surface area contributed by atoms with Crippen molar-refractivity contribution in [1.29, 1.82) is 0 Å². The number of rotatable bonds is 4. The summed E-state index contributed by atoms with van der Waals surface area (Å²) in [6.45, 7) is 5.89. The van der Waals surface area contributed by atoms with Crippen molar-refractivity contribution >= 4 is 22.6 Å². The molecule has 1 aliphatic rings. The molecular formula is C18H23N3O2. The van der Waals surface area contributed by atoms with Crippen molar-refractivity contribution in [3.8, 4) is 0 Å². The van der Waals surface area contributed by atoms with E-state index in [-0.39, 0.29) is 12.1 Å². The zero-order valence-corrected chi connectivity index (χ0v) is 13.6. The smallest absolute Gasteiger partial charge is 0.292 e. The van der Waals surface area contributed by atoms with Crippen molar-refractivity contribution in [2.45, 2.75) is 38.8 Å². The van der Waals surface area contributed by atoms with Crippen LogP contribution in [0, 0.1) is 0 Å². The van der Waals surface area contributed by atoms with Crippen LogP contribution in [0.2, 0.25) is 0 Å². The molecule has 1 saturated heterocycles. The molecule has 2 aromatic rings. The third-order valence-corrected chi connectivity index (χ3v) is 4.42. The largest absolute Gasteiger partial charge is 0.346 e. The second-order valence-electron chi connectivity index (χ2n) is 6.39. The number of Topliss-reactive ketones (excluding diaryl/α,β-unsaturated/α-hetero) is 1. The molecule has 0 bridgehead atoms. The number of carbonyl (C=O) groups excluding carboxylic acids is 2. The zero-order valence-electron chi connectivity index (χ0n) is 13.6. The van der Waals surface area contributed by atoms with Crippen molar-refractivity contribution in [2.75, 3.05) is 13.1 Å². The van der Waals surface area contributed by atoms with Gasteiger partial charge >= 0.3 is 0 Å². The van der Waals surface area contributed by atoms with Gasteiger partial charge < -0.3 is 15.2 Å². The molecule has 2 heterocycles. The van der Waals surface area contributed by atoms with Crippen LogP contribution in [0.3, 0.4) is 0 Å². The number of benzene rings is 1. The lowest BCUT2D eigenvalue weighted by atomic mass is 10.1. The van der Waals surface area contributed by atoms with E-state index in [4.69, 9.17) is 0 Å². The number of carbonyl (C=O) groups is 2. The summed E-state index contributed by atoms with van der Waals surface area (Å²) in [5.74, 6) is -0.942. The third-order valence-electron chi connectivity index (χ3n) is 4.42. The van der Waals surface area contributed by atoms with Gasteiger partial charge in [-0.3, -0.25) is 9.59 Å². The Hall–Kier alpha value is -2.14. The van der Waals surface area contributed by atoms with Crippen LogP contribution in [-0.4, -0.2) is 35.4 Å². The first kappa shape index (κ1) is 15.7. The van der Waals surface area contributed by atoms with E-state index in [2.05, 4.69) is 24.5 Å². The zero-order chi connectivity index (χ0) is 16.4. The number of hydrogen-bond acceptors (Lipinski definition) is 3. The van der Waals surface area contributed by atoms with Gasteiger partial charge in [-0.1, -0.05) is 18.2 Å². The van der Waals surface area contributed by atoms with E-state index in [1.807, 2.05) is 28.8 Å². The summed E-state index contributed by atoms with van der Waals surface area (Å²) in [5.41, 5.74) is 1.47. The van der Waals surface area contributed by atoms with Crippen LogP contribution < -0.4 is 10.6 Å². The molecule has 0 unspecified atom stereocenters. The SMILES string of the molecule is CC(C)n1cc(C(=O)C(=O)NC2CCNCC2)c2ccccc21. The molecule has 1 aromatic heterocycles. The second kappa shape index (κ2) is 6.54. The van der Waals surface area contributed by atoms with Crippen molar-refractivity contribution in [3.05, 3.63) is 36.0 Å². The van der Waals surface area contributed by atoms with Gasteiger partial charge in [-0.05, 0) is 45.8 Å². The van der Waals surface area contributed by atoms with E-state index in [9.17, 15) is 9.59 Å². The lowest BCUT2D eigenvalue weighted by Crippen LogP contribution is -2.45. The first-order chi connectivity index (χ1) is 11.1. The maximum atomic E-state index is 12.6. The van der Waals surface area contributed by atoms with Crippen LogP contribution in [0.25, 0.3) is 10.9 Å². The van der Waals surface area contributed by atoms with Gasteiger partial charge in [-0.2, -0.15) is 0 Å². The van der Waals surface area contributed by atoms with E-state index in [0.29, 0.717) is 5.56 Å². The molecular weight excluding hydrogens is 290 g/mol. The molecule has 0 radical (unpaired) electrons. The first-order valence-corrected chi connectivity index (χ1v) is 8.23. The molecule has 0 saturated carbocycles. The molecule has 5 heteroatoms. The maximum Gasteiger partial charge on any atom is 0.292 e. The lowest BCUT2D eigenvalue weighted by molar-refractivity contribution is -0.117. The quantitative estimate of drug-likeness (QED) is 0.672. The number of fused-ring (bicyclic) bond motifs is 1. The number of nitrogens with zero attached hydrogens (tertiary/aromatic N) is 1. The molecule has 0 spiro atoms. The second-order valence-corrected chi connectivity index (χ2v) is 6.39. The summed E-state index contributed by atoms with van der Waals surface area (Å²) < 4.78 is 2.04. The Balaban J connectivity index is 1.87. The van der Waals surface area contributed by atoms with Gasteiger partial charge in [0.2, 0.25) is 0 Å². The van der Waals surface area contributed by atoms with Gasteiger partial charge in [-0.15, -0.1) is 0 Å². The van der Waals surface area contributed by atoms with Gasteiger partial charge in [0.1, 0.15) is 0 Å². The third kappa shape index (κ3) is 3.15. The van der Waals surface area contributed by atoms with E-state index in [1.54, 1.807) is 6.20 Å². The highest BCUT2D eigenvalue weighted by Gasteiger charge is 2.24.